The lowest BCUT2D eigenvalue weighted by Gasteiger charge is -1.94. The fourth-order valence-corrected chi connectivity index (χ4v) is 1.88. The van der Waals surface area contributed by atoms with Crippen LogP contribution in [0.15, 0.2) is 51.4 Å². The summed E-state index contributed by atoms with van der Waals surface area (Å²) in [7, 11) is 0. The van der Waals surface area contributed by atoms with Gasteiger partial charge in [-0.05, 0) is 36.4 Å². The van der Waals surface area contributed by atoms with Crippen molar-refractivity contribution in [1.29, 1.82) is 0 Å². The van der Waals surface area contributed by atoms with Crippen LogP contribution in [0.3, 0.4) is 0 Å². The highest BCUT2D eigenvalue weighted by Gasteiger charge is 2.08. The quantitative estimate of drug-likeness (QED) is 0.664. The molecule has 0 amide bonds. The minimum Gasteiger partial charge on any atom is -0.436 e. The fourth-order valence-electron chi connectivity index (χ4n) is 1.62. The normalized spacial score (nSPS) is 10.9. The van der Waals surface area contributed by atoms with E-state index in [0.29, 0.717) is 17.0 Å². The Bertz CT molecular complexity index is 675. The Balaban J connectivity index is 2.14. The molecule has 0 atom stereocenters. The lowest BCUT2D eigenvalue weighted by atomic mass is 10.2. The van der Waals surface area contributed by atoms with Crippen LogP contribution in [0, 0.1) is 5.82 Å². The maximum atomic E-state index is 13.0. The number of benzene rings is 2. The predicted molar refractivity (Wildman–Crippen MR) is 67.1 cm³/mol. The topological polar surface area (TPSA) is 26.0 Å². The molecule has 4 heteroatoms. The van der Waals surface area contributed by atoms with E-state index in [-0.39, 0.29) is 5.82 Å². The minimum absolute atomic E-state index is 0.312. The number of rotatable bonds is 1. The van der Waals surface area contributed by atoms with Gasteiger partial charge >= 0.3 is 0 Å². The molecule has 84 valence electrons. The van der Waals surface area contributed by atoms with Gasteiger partial charge in [-0.15, -0.1) is 0 Å². The maximum Gasteiger partial charge on any atom is 0.227 e. The zero-order valence-electron chi connectivity index (χ0n) is 8.65. The van der Waals surface area contributed by atoms with Crippen molar-refractivity contribution in [3.05, 3.63) is 52.8 Å². The van der Waals surface area contributed by atoms with E-state index in [1.54, 1.807) is 6.07 Å². The Morgan fingerprint density at radius 2 is 1.82 bits per heavy atom. The van der Waals surface area contributed by atoms with Gasteiger partial charge in [0.2, 0.25) is 5.89 Å². The second-order valence-corrected chi connectivity index (χ2v) is 4.55. The van der Waals surface area contributed by atoms with E-state index in [4.69, 9.17) is 4.42 Å². The number of fused-ring (bicyclic) bond motifs is 1. The molecule has 0 saturated heterocycles. The predicted octanol–water partition coefficient (Wildman–Crippen LogP) is 4.40. The second-order valence-electron chi connectivity index (χ2n) is 3.64. The first-order valence-corrected chi connectivity index (χ1v) is 5.84. The van der Waals surface area contributed by atoms with Gasteiger partial charge in [0, 0.05) is 16.1 Å². The van der Waals surface area contributed by atoms with E-state index < -0.39 is 0 Å². The van der Waals surface area contributed by atoms with Gasteiger partial charge in [-0.1, -0.05) is 15.9 Å². The van der Waals surface area contributed by atoms with Crippen LogP contribution < -0.4 is 0 Å². The molecule has 0 aliphatic rings. The van der Waals surface area contributed by atoms with Crippen molar-refractivity contribution in [3.8, 4) is 11.5 Å². The van der Waals surface area contributed by atoms with Gasteiger partial charge in [-0.3, -0.25) is 0 Å². The van der Waals surface area contributed by atoms with E-state index >= 15 is 0 Å². The molecule has 0 N–H and O–H groups in total. The molecule has 1 aromatic heterocycles. The van der Waals surface area contributed by atoms with Crippen LogP contribution in [0.2, 0.25) is 0 Å². The van der Waals surface area contributed by atoms with Crippen LogP contribution in [0.25, 0.3) is 22.6 Å². The summed E-state index contributed by atoms with van der Waals surface area (Å²) in [6.45, 7) is 0. The van der Waals surface area contributed by atoms with Crippen LogP contribution in [-0.2, 0) is 0 Å². The summed E-state index contributed by atoms with van der Waals surface area (Å²) in [6, 6.07) is 11.9. The third-order valence-corrected chi connectivity index (χ3v) is 2.97. The summed E-state index contributed by atoms with van der Waals surface area (Å²) in [5.74, 6) is 0.186. The third-order valence-electron chi connectivity index (χ3n) is 2.44. The van der Waals surface area contributed by atoms with Gasteiger partial charge in [-0.2, -0.15) is 0 Å². The van der Waals surface area contributed by atoms with E-state index in [9.17, 15) is 4.39 Å². The molecule has 0 fully saturated rings. The van der Waals surface area contributed by atoms with Gasteiger partial charge in [0.15, 0.2) is 5.58 Å². The van der Waals surface area contributed by atoms with Crippen molar-refractivity contribution in [3.63, 3.8) is 0 Å². The standard InChI is InChI=1S/C13H7BrFNO/c14-9-3-1-8(2-4-9)13-16-11-7-10(15)5-6-12(11)17-13/h1-7H. The van der Waals surface area contributed by atoms with Gasteiger partial charge in [-0.25, -0.2) is 9.37 Å². The molecule has 0 unspecified atom stereocenters. The molecule has 3 aromatic rings. The molecular formula is C13H7BrFNO. The molecule has 0 aliphatic carbocycles. The SMILES string of the molecule is Fc1ccc2oc(-c3ccc(Br)cc3)nc2c1. The third kappa shape index (κ3) is 1.96. The van der Waals surface area contributed by atoms with E-state index in [1.807, 2.05) is 24.3 Å². The van der Waals surface area contributed by atoms with E-state index in [0.717, 1.165) is 10.0 Å². The molecule has 0 radical (unpaired) electrons. The number of hydrogen-bond acceptors (Lipinski definition) is 2. The van der Waals surface area contributed by atoms with Gasteiger partial charge < -0.3 is 4.42 Å². The van der Waals surface area contributed by atoms with E-state index in [2.05, 4.69) is 20.9 Å². The molecule has 0 bridgehead atoms. The number of oxazole rings is 1. The van der Waals surface area contributed by atoms with Crippen LogP contribution in [-0.4, -0.2) is 4.98 Å². The van der Waals surface area contributed by atoms with Crippen LogP contribution >= 0.6 is 15.9 Å². The molecule has 17 heavy (non-hydrogen) atoms. The highest BCUT2D eigenvalue weighted by Crippen LogP contribution is 2.25. The van der Waals surface area contributed by atoms with Gasteiger partial charge in [0.25, 0.3) is 0 Å². The second kappa shape index (κ2) is 3.96. The number of aromatic nitrogens is 1. The van der Waals surface area contributed by atoms with Crippen molar-refractivity contribution in [2.24, 2.45) is 0 Å². The maximum absolute atomic E-state index is 13.0. The lowest BCUT2D eigenvalue weighted by molar-refractivity contribution is 0.614. The van der Waals surface area contributed by atoms with Crippen molar-refractivity contribution in [1.82, 2.24) is 4.98 Å². The van der Waals surface area contributed by atoms with E-state index in [1.165, 1.54) is 12.1 Å². The molecule has 0 spiro atoms. The zero-order chi connectivity index (χ0) is 11.8. The molecule has 3 rings (SSSR count). The number of hydrogen-bond donors (Lipinski definition) is 0. The fraction of sp³-hybridized carbons (Fsp3) is 0. The Hall–Kier alpha value is -1.68. The van der Waals surface area contributed by atoms with Gasteiger partial charge in [0.05, 0.1) is 0 Å². The smallest absolute Gasteiger partial charge is 0.227 e. The molecule has 0 aliphatic heterocycles. The molecule has 2 nitrogen and oxygen atoms in total. The van der Waals surface area contributed by atoms with Crippen molar-refractivity contribution < 1.29 is 8.81 Å². The van der Waals surface area contributed by atoms with Crippen LogP contribution in [0.1, 0.15) is 0 Å². The Labute approximate surface area is 105 Å². The molecule has 2 aromatic carbocycles. The first kappa shape index (κ1) is 10.5. The van der Waals surface area contributed by atoms with Crippen molar-refractivity contribution >= 4 is 27.0 Å². The Morgan fingerprint density at radius 3 is 2.59 bits per heavy atom. The molecular weight excluding hydrogens is 285 g/mol. The van der Waals surface area contributed by atoms with Crippen molar-refractivity contribution in [2.75, 3.05) is 0 Å². The summed E-state index contributed by atoms with van der Waals surface area (Å²) in [4.78, 5) is 4.25. The summed E-state index contributed by atoms with van der Waals surface area (Å²) in [5.41, 5.74) is 1.98. The zero-order valence-corrected chi connectivity index (χ0v) is 10.2. The number of nitrogens with zero attached hydrogens (tertiary/aromatic N) is 1. The Morgan fingerprint density at radius 1 is 1.06 bits per heavy atom. The monoisotopic (exact) mass is 291 g/mol. The average molecular weight is 292 g/mol. The molecule has 0 saturated carbocycles. The average Bonchev–Trinajstić information content (AvgIpc) is 2.72. The largest absolute Gasteiger partial charge is 0.436 e. The summed E-state index contributed by atoms with van der Waals surface area (Å²) in [6.07, 6.45) is 0. The number of halogens is 2. The van der Waals surface area contributed by atoms with Gasteiger partial charge in [0.1, 0.15) is 11.3 Å². The van der Waals surface area contributed by atoms with Crippen LogP contribution in [0.5, 0.6) is 0 Å². The molecule has 1 heterocycles. The lowest BCUT2D eigenvalue weighted by Crippen LogP contribution is -1.76. The first-order valence-electron chi connectivity index (χ1n) is 5.04. The van der Waals surface area contributed by atoms with Crippen LogP contribution in [0.4, 0.5) is 4.39 Å². The highest BCUT2D eigenvalue weighted by molar-refractivity contribution is 9.10. The first-order chi connectivity index (χ1) is 8.22. The Kier molecular flexibility index (Phi) is 2.44. The minimum atomic E-state index is -0.312. The highest BCUT2D eigenvalue weighted by atomic mass is 79.9. The summed E-state index contributed by atoms with van der Waals surface area (Å²) >= 11 is 3.36. The summed E-state index contributed by atoms with van der Waals surface area (Å²) < 4.78 is 19.6. The van der Waals surface area contributed by atoms with Crippen molar-refractivity contribution in [2.45, 2.75) is 0 Å². The summed E-state index contributed by atoms with van der Waals surface area (Å²) in [5, 5.41) is 0.